The van der Waals surface area contributed by atoms with E-state index >= 15 is 0 Å². The van der Waals surface area contributed by atoms with Gasteiger partial charge in [-0.2, -0.15) is 18.3 Å². The second-order valence-corrected chi connectivity index (χ2v) is 4.93. The molecular formula is C10H15BrF3N3. The first-order valence-corrected chi connectivity index (χ1v) is 6.02. The lowest BCUT2D eigenvalue weighted by atomic mass is 10.1. The maximum atomic E-state index is 12.5. The van der Waals surface area contributed by atoms with Gasteiger partial charge in [-0.15, -0.1) is 0 Å². The van der Waals surface area contributed by atoms with E-state index in [0.29, 0.717) is 10.2 Å². The Morgan fingerprint density at radius 1 is 1.47 bits per heavy atom. The molecule has 0 amide bonds. The van der Waals surface area contributed by atoms with Crippen LogP contribution in [0.3, 0.4) is 0 Å². The van der Waals surface area contributed by atoms with E-state index < -0.39 is 18.6 Å². The third-order valence-electron chi connectivity index (χ3n) is 2.39. The Morgan fingerprint density at radius 3 is 2.47 bits per heavy atom. The molecule has 7 heteroatoms. The number of hydrogen-bond donors (Lipinski definition) is 1. The Bertz CT molecular complexity index is 373. The van der Waals surface area contributed by atoms with Crippen LogP contribution in [0.25, 0.3) is 0 Å². The fraction of sp³-hybridized carbons (Fsp3) is 0.700. The lowest BCUT2D eigenvalue weighted by molar-refractivity contribution is -0.140. The summed E-state index contributed by atoms with van der Waals surface area (Å²) in [6.45, 7) is 3.76. The van der Waals surface area contributed by atoms with Crippen LogP contribution in [0, 0.1) is 0 Å². The molecule has 1 N–H and O–H groups in total. The zero-order chi connectivity index (χ0) is 13.2. The Balaban J connectivity index is 3.07. The van der Waals surface area contributed by atoms with Crippen LogP contribution >= 0.6 is 15.9 Å². The second kappa shape index (κ2) is 5.39. The molecule has 0 radical (unpaired) electrons. The number of nitrogens with one attached hydrogen (secondary N) is 1. The molecule has 98 valence electrons. The van der Waals surface area contributed by atoms with Gasteiger partial charge in [-0.25, -0.2) is 0 Å². The van der Waals surface area contributed by atoms with E-state index in [0.717, 1.165) is 0 Å². The molecule has 0 fully saturated rings. The van der Waals surface area contributed by atoms with Crippen LogP contribution in [0.15, 0.2) is 10.7 Å². The summed E-state index contributed by atoms with van der Waals surface area (Å²) in [5, 5.41) is 6.76. The predicted octanol–water partition coefficient (Wildman–Crippen LogP) is 3.44. The summed E-state index contributed by atoms with van der Waals surface area (Å²) >= 11 is 3.24. The van der Waals surface area contributed by atoms with Crippen molar-refractivity contribution in [3.63, 3.8) is 0 Å². The Kier molecular flexibility index (Phi) is 4.60. The van der Waals surface area contributed by atoms with Crippen molar-refractivity contribution in [3.8, 4) is 0 Å². The zero-order valence-corrected chi connectivity index (χ0v) is 11.4. The van der Waals surface area contributed by atoms with Crippen LogP contribution in [0.4, 0.5) is 13.2 Å². The Labute approximate surface area is 107 Å². The van der Waals surface area contributed by atoms with Crippen molar-refractivity contribution >= 4 is 15.9 Å². The van der Waals surface area contributed by atoms with Crippen molar-refractivity contribution in [1.29, 1.82) is 0 Å². The van der Waals surface area contributed by atoms with Gasteiger partial charge in [-0.3, -0.25) is 4.68 Å². The maximum Gasteiger partial charge on any atom is 0.390 e. The van der Waals surface area contributed by atoms with Gasteiger partial charge in [0.2, 0.25) is 0 Å². The minimum atomic E-state index is -4.21. The molecule has 1 aromatic heterocycles. The topological polar surface area (TPSA) is 29.9 Å². The van der Waals surface area contributed by atoms with E-state index in [1.165, 1.54) is 13.2 Å². The Morgan fingerprint density at radius 2 is 2.06 bits per heavy atom. The van der Waals surface area contributed by atoms with Crippen LogP contribution < -0.4 is 5.32 Å². The second-order valence-electron chi connectivity index (χ2n) is 4.08. The summed E-state index contributed by atoms with van der Waals surface area (Å²) in [6, 6.07) is -0.783. The Hall–Kier alpha value is -0.560. The SMILES string of the molecule is CNC(CC(F)(F)F)c1c(Br)cnn1C(C)C. The van der Waals surface area contributed by atoms with E-state index in [2.05, 4.69) is 26.3 Å². The van der Waals surface area contributed by atoms with Gasteiger partial charge in [0, 0.05) is 6.04 Å². The molecule has 0 aliphatic rings. The van der Waals surface area contributed by atoms with Gasteiger partial charge in [0.05, 0.1) is 28.8 Å². The first-order valence-electron chi connectivity index (χ1n) is 5.23. The molecule has 0 saturated carbocycles. The standard InChI is InChI=1S/C10H15BrF3N3/c1-6(2)17-9(7(11)5-16-17)8(15-3)4-10(12,13)14/h5-6,8,15H,4H2,1-3H3. The molecule has 1 aromatic rings. The minimum Gasteiger partial charge on any atom is -0.311 e. The smallest absolute Gasteiger partial charge is 0.311 e. The molecular weight excluding hydrogens is 299 g/mol. The van der Waals surface area contributed by atoms with Crippen molar-refractivity contribution in [2.24, 2.45) is 0 Å². The number of halogens is 4. The molecule has 17 heavy (non-hydrogen) atoms. The highest BCUT2D eigenvalue weighted by molar-refractivity contribution is 9.10. The van der Waals surface area contributed by atoms with E-state index in [9.17, 15) is 13.2 Å². The highest BCUT2D eigenvalue weighted by atomic mass is 79.9. The van der Waals surface area contributed by atoms with Crippen LogP contribution in [0.2, 0.25) is 0 Å². The van der Waals surface area contributed by atoms with Gasteiger partial charge in [-0.05, 0) is 36.8 Å². The van der Waals surface area contributed by atoms with Crippen LogP contribution in [0.1, 0.15) is 38.0 Å². The summed E-state index contributed by atoms with van der Waals surface area (Å²) in [7, 11) is 1.51. The van der Waals surface area contributed by atoms with Crippen molar-refractivity contribution in [2.45, 2.75) is 38.5 Å². The van der Waals surface area contributed by atoms with Crippen molar-refractivity contribution in [2.75, 3.05) is 7.05 Å². The summed E-state index contributed by atoms with van der Waals surface area (Å²) in [6.07, 6.45) is -3.60. The van der Waals surface area contributed by atoms with Crippen LogP contribution in [0.5, 0.6) is 0 Å². The van der Waals surface area contributed by atoms with Gasteiger partial charge in [0.1, 0.15) is 0 Å². The van der Waals surface area contributed by atoms with Crippen LogP contribution in [-0.2, 0) is 0 Å². The highest BCUT2D eigenvalue weighted by Gasteiger charge is 2.34. The summed E-state index contributed by atoms with van der Waals surface area (Å²) < 4.78 is 39.6. The van der Waals surface area contributed by atoms with Crippen molar-refractivity contribution < 1.29 is 13.2 Å². The molecule has 0 spiro atoms. The number of hydrogen-bond acceptors (Lipinski definition) is 2. The minimum absolute atomic E-state index is 0.0142. The molecule has 0 saturated heterocycles. The first-order chi connectivity index (χ1) is 7.76. The quantitative estimate of drug-likeness (QED) is 0.922. The lowest BCUT2D eigenvalue weighted by Gasteiger charge is -2.21. The van der Waals surface area contributed by atoms with Gasteiger partial charge in [0.25, 0.3) is 0 Å². The van der Waals surface area contributed by atoms with E-state index in [1.54, 1.807) is 4.68 Å². The molecule has 0 aromatic carbocycles. The highest BCUT2D eigenvalue weighted by Crippen LogP contribution is 2.33. The molecule has 1 heterocycles. The monoisotopic (exact) mass is 313 g/mol. The average molecular weight is 314 g/mol. The summed E-state index contributed by atoms with van der Waals surface area (Å²) in [5.41, 5.74) is 0.528. The number of rotatable bonds is 4. The van der Waals surface area contributed by atoms with E-state index in [-0.39, 0.29) is 6.04 Å². The number of alkyl halides is 3. The largest absolute Gasteiger partial charge is 0.390 e. The molecule has 0 aliphatic heterocycles. The number of aromatic nitrogens is 2. The maximum absolute atomic E-state index is 12.5. The van der Waals surface area contributed by atoms with Crippen molar-refractivity contribution in [3.05, 3.63) is 16.4 Å². The molecule has 1 atom stereocenters. The molecule has 1 unspecified atom stereocenters. The fourth-order valence-corrected chi connectivity index (χ4v) is 2.20. The predicted molar refractivity (Wildman–Crippen MR) is 62.8 cm³/mol. The molecule has 0 aliphatic carbocycles. The molecule has 3 nitrogen and oxygen atoms in total. The third kappa shape index (κ3) is 3.70. The van der Waals surface area contributed by atoms with Gasteiger partial charge in [0.15, 0.2) is 0 Å². The van der Waals surface area contributed by atoms with Crippen molar-refractivity contribution in [1.82, 2.24) is 15.1 Å². The van der Waals surface area contributed by atoms with E-state index in [1.807, 2.05) is 13.8 Å². The van der Waals surface area contributed by atoms with Crippen LogP contribution in [-0.4, -0.2) is 23.0 Å². The van der Waals surface area contributed by atoms with Gasteiger partial charge < -0.3 is 5.32 Å². The fourth-order valence-electron chi connectivity index (χ4n) is 1.66. The third-order valence-corrected chi connectivity index (χ3v) is 3.00. The summed E-state index contributed by atoms with van der Waals surface area (Å²) in [4.78, 5) is 0. The van der Waals surface area contributed by atoms with E-state index in [4.69, 9.17) is 0 Å². The molecule has 0 bridgehead atoms. The normalized spacial score (nSPS) is 14.4. The molecule has 1 rings (SSSR count). The lowest BCUT2D eigenvalue weighted by Crippen LogP contribution is -2.27. The van der Waals surface area contributed by atoms with Gasteiger partial charge in [-0.1, -0.05) is 0 Å². The zero-order valence-electron chi connectivity index (χ0n) is 9.85. The van der Waals surface area contributed by atoms with Gasteiger partial charge >= 0.3 is 6.18 Å². The first kappa shape index (κ1) is 14.5. The number of nitrogens with zero attached hydrogens (tertiary/aromatic N) is 2. The summed E-state index contributed by atoms with van der Waals surface area (Å²) in [5.74, 6) is 0. The average Bonchev–Trinajstić information content (AvgIpc) is 2.55.